The fourth-order valence-corrected chi connectivity index (χ4v) is 1.89. The highest BCUT2D eigenvalue weighted by molar-refractivity contribution is 6.30. The number of halogens is 4. The molecule has 0 saturated heterocycles. The van der Waals surface area contributed by atoms with Crippen LogP contribution >= 0.6 is 11.6 Å². The summed E-state index contributed by atoms with van der Waals surface area (Å²) in [5, 5.41) is 6.24. The van der Waals surface area contributed by atoms with E-state index in [1.165, 1.54) is 23.3 Å². The van der Waals surface area contributed by atoms with Gasteiger partial charge in [-0.25, -0.2) is 4.79 Å². The van der Waals surface area contributed by atoms with Gasteiger partial charge in [0.05, 0.1) is 13.1 Å². The average Bonchev–Trinajstić information content (AvgIpc) is 2.43. The van der Waals surface area contributed by atoms with Gasteiger partial charge in [-0.1, -0.05) is 17.7 Å². The number of likely N-dealkylation sites (N-methyl/N-ethyl adjacent to an activating group) is 1. The first kappa shape index (κ1) is 20.7. The second kappa shape index (κ2) is 9.23. The molecule has 0 saturated carbocycles. The maximum absolute atomic E-state index is 11.9. The molecular formula is C14H16ClF3N4O3. The lowest BCUT2D eigenvalue weighted by atomic mass is 10.3. The Morgan fingerprint density at radius 2 is 1.80 bits per heavy atom. The van der Waals surface area contributed by atoms with Crippen LogP contribution in [-0.2, 0) is 9.59 Å². The van der Waals surface area contributed by atoms with E-state index in [-0.39, 0.29) is 13.1 Å². The molecule has 0 aliphatic rings. The summed E-state index contributed by atoms with van der Waals surface area (Å²) >= 11 is 5.78. The molecule has 1 aromatic carbocycles. The van der Waals surface area contributed by atoms with Crippen molar-refractivity contribution in [3.05, 3.63) is 29.3 Å². The van der Waals surface area contributed by atoms with E-state index in [2.05, 4.69) is 5.32 Å². The van der Waals surface area contributed by atoms with Crippen molar-refractivity contribution in [2.24, 2.45) is 0 Å². The molecule has 4 amide bonds. The Balaban J connectivity index is 2.35. The minimum Gasteiger partial charge on any atom is -0.329 e. The molecule has 0 atom stereocenters. The number of anilines is 1. The molecule has 25 heavy (non-hydrogen) atoms. The SMILES string of the molecule is CN(CC(=O)NC(=O)NCC(F)(F)F)CC(=O)Nc1cccc(Cl)c1. The Bertz CT molecular complexity index is 640. The molecule has 1 aromatic rings. The molecule has 0 radical (unpaired) electrons. The summed E-state index contributed by atoms with van der Waals surface area (Å²) in [4.78, 5) is 35.8. The number of hydrogen-bond acceptors (Lipinski definition) is 4. The zero-order valence-corrected chi connectivity index (χ0v) is 13.9. The van der Waals surface area contributed by atoms with E-state index in [0.29, 0.717) is 10.7 Å². The quantitative estimate of drug-likeness (QED) is 0.699. The van der Waals surface area contributed by atoms with Gasteiger partial charge in [-0.2, -0.15) is 13.2 Å². The summed E-state index contributed by atoms with van der Waals surface area (Å²) in [6, 6.07) is 5.18. The molecule has 1 rings (SSSR count). The summed E-state index contributed by atoms with van der Waals surface area (Å²) in [5.41, 5.74) is 0.474. The summed E-state index contributed by atoms with van der Waals surface area (Å²) < 4.78 is 35.8. The minimum atomic E-state index is -4.57. The van der Waals surface area contributed by atoms with Crippen LogP contribution in [0.4, 0.5) is 23.7 Å². The van der Waals surface area contributed by atoms with Crippen LogP contribution in [0.5, 0.6) is 0 Å². The van der Waals surface area contributed by atoms with Gasteiger partial charge in [0.2, 0.25) is 11.8 Å². The Kier molecular flexibility index (Phi) is 7.65. The maximum Gasteiger partial charge on any atom is 0.405 e. The number of amides is 4. The standard InChI is InChI=1S/C14H16ClF3N4O3/c1-22(6-11(23)20-10-4-2-3-9(15)5-10)7-12(24)21-13(25)19-8-14(16,17)18/h2-5H,6-8H2,1H3,(H,20,23)(H2,19,21,24,25). The number of nitrogens with one attached hydrogen (secondary N) is 3. The number of rotatable bonds is 6. The molecule has 0 unspecified atom stereocenters. The van der Waals surface area contributed by atoms with Crippen LogP contribution in [0, 0.1) is 0 Å². The molecule has 0 spiro atoms. The van der Waals surface area contributed by atoms with Crippen molar-refractivity contribution in [2.75, 3.05) is 32.0 Å². The van der Waals surface area contributed by atoms with Gasteiger partial charge >= 0.3 is 12.2 Å². The fraction of sp³-hybridized carbons (Fsp3) is 0.357. The summed E-state index contributed by atoms with van der Waals surface area (Å²) in [6.07, 6.45) is -4.57. The van der Waals surface area contributed by atoms with E-state index in [0.717, 1.165) is 0 Å². The molecule has 0 fully saturated rings. The Morgan fingerprint density at radius 3 is 2.40 bits per heavy atom. The lowest BCUT2D eigenvalue weighted by molar-refractivity contribution is -0.125. The van der Waals surface area contributed by atoms with Crippen LogP contribution in [0.25, 0.3) is 0 Å². The molecular weight excluding hydrogens is 365 g/mol. The highest BCUT2D eigenvalue weighted by Crippen LogP contribution is 2.14. The van der Waals surface area contributed by atoms with Gasteiger partial charge in [-0.05, 0) is 25.2 Å². The second-order valence-electron chi connectivity index (χ2n) is 5.08. The number of carbonyl (C=O) groups excluding carboxylic acids is 3. The number of nitrogens with zero attached hydrogens (tertiary/aromatic N) is 1. The fourth-order valence-electron chi connectivity index (χ4n) is 1.70. The largest absolute Gasteiger partial charge is 0.405 e. The third kappa shape index (κ3) is 9.52. The average molecular weight is 381 g/mol. The number of alkyl halides is 3. The van der Waals surface area contributed by atoms with Crippen molar-refractivity contribution >= 4 is 35.1 Å². The van der Waals surface area contributed by atoms with Gasteiger partial charge in [0, 0.05) is 10.7 Å². The lowest BCUT2D eigenvalue weighted by Gasteiger charge is -2.16. The molecule has 0 aliphatic carbocycles. The van der Waals surface area contributed by atoms with Crippen LogP contribution in [0.15, 0.2) is 24.3 Å². The summed E-state index contributed by atoms with van der Waals surface area (Å²) in [6.45, 7) is -2.09. The zero-order chi connectivity index (χ0) is 19.0. The Morgan fingerprint density at radius 1 is 1.16 bits per heavy atom. The van der Waals surface area contributed by atoms with Crippen molar-refractivity contribution in [1.82, 2.24) is 15.5 Å². The summed E-state index contributed by atoms with van der Waals surface area (Å²) in [5.74, 6) is -1.28. The van der Waals surface area contributed by atoms with E-state index >= 15 is 0 Å². The monoisotopic (exact) mass is 380 g/mol. The number of hydrogen-bond donors (Lipinski definition) is 3. The first-order valence-electron chi connectivity index (χ1n) is 6.93. The predicted octanol–water partition coefficient (Wildman–Crippen LogP) is 1.60. The van der Waals surface area contributed by atoms with Gasteiger partial charge < -0.3 is 10.6 Å². The van der Waals surface area contributed by atoms with Gasteiger partial charge in [0.25, 0.3) is 0 Å². The Hall–Kier alpha value is -2.33. The zero-order valence-electron chi connectivity index (χ0n) is 13.1. The smallest absolute Gasteiger partial charge is 0.329 e. The topological polar surface area (TPSA) is 90.5 Å². The third-order valence-corrected chi connectivity index (χ3v) is 2.87. The van der Waals surface area contributed by atoms with Gasteiger partial charge in [-0.3, -0.25) is 19.8 Å². The molecule has 3 N–H and O–H groups in total. The second-order valence-corrected chi connectivity index (χ2v) is 5.51. The third-order valence-electron chi connectivity index (χ3n) is 2.64. The van der Waals surface area contributed by atoms with E-state index < -0.39 is 30.6 Å². The minimum absolute atomic E-state index is 0.176. The van der Waals surface area contributed by atoms with Crippen molar-refractivity contribution in [2.45, 2.75) is 6.18 Å². The predicted molar refractivity (Wildman–Crippen MR) is 85.2 cm³/mol. The normalized spacial score (nSPS) is 11.1. The van der Waals surface area contributed by atoms with Crippen LogP contribution in [-0.4, -0.2) is 55.6 Å². The molecule has 0 heterocycles. The van der Waals surface area contributed by atoms with Crippen molar-refractivity contribution < 1.29 is 27.6 Å². The highest BCUT2D eigenvalue weighted by atomic mass is 35.5. The first-order chi connectivity index (χ1) is 11.5. The van der Waals surface area contributed by atoms with Gasteiger partial charge in [0.1, 0.15) is 6.54 Å². The van der Waals surface area contributed by atoms with E-state index in [9.17, 15) is 27.6 Å². The molecule has 7 nitrogen and oxygen atoms in total. The Labute approximate surface area is 146 Å². The van der Waals surface area contributed by atoms with Gasteiger partial charge in [-0.15, -0.1) is 0 Å². The molecule has 0 bridgehead atoms. The number of urea groups is 1. The number of imide groups is 1. The highest BCUT2D eigenvalue weighted by Gasteiger charge is 2.28. The summed E-state index contributed by atoms with van der Waals surface area (Å²) in [7, 11) is 1.44. The molecule has 11 heteroatoms. The van der Waals surface area contributed by atoms with Gasteiger partial charge in [0.15, 0.2) is 0 Å². The molecule has 0 aromatic heterocycles. The van der Waals surface area contributed by atoms with Crippen molar-refractivity contribution in [1.29, 1.82) is 0 Å². The molecule has 0 aliphatic heterocycles. The van der Waals surface area contributed by atoms with Crippen LogP contribution in [0.1, 0.15) is 0 Å². The van der Waals surface area contributed by atoms with E-state index in [1.807, 2.05) is 0 Å². The molecule has 138 valence electrons. The number of carbonyl (C=O) groups is 3. The van der Waals surface area contributed by atoms with E-state index in [1.54, 1.807) is 23.5 Å². The van der Waals surface area contributed by atoms with Crippen LogP contribution in [0.2, 0.25) is 5.02 Å². The lowest BCUT2D eigenvalue weighted by Crippen LogP contribution is -2.47. The van der Waals surface area contributed by atoms with Crippen LogP contribution < -0.4 is 16.0 Å². The van der Waals surface area contributed by atoms with Crippen molar-refractivity contribution in [3.63, 3.8) is 0 Å². The number of benzene rings is 1. The maximum atomic E-state index is 11.9. The van der Waals surface area contributed by atoms with E-state index in [4.69, 9.17) is 11.6 Å². The van der Waals surface area contributed by atoms with Crippen molar-refractivity contribution in [3.8, 4) is 0 Å². The first-order valence-corrected chi connectivity index (χ1v) is 7.31. The van der Waals surface area contributed by atoms with Crippen LogP contribution in [0.3, 0.4) is 0 Å².